The van der Waals surface area contributed by atoms with Gasteiger partial charge in [-0.3, -0.25) is 0 Å². The summed E-state index contributed by atoms with van der Waals surface area (Å²) in [6.07, 6.45) is 0. The molecule has 2 rings (SSSR count). The van der Waals surface area contributed by atoms with Crippen LogP contribution in [0.4, 0.5) is 14.5 Å². The van der Waals surface area contributed by atoms with Gasteiger partial charge < -0.3 is 10.1 Å². The number of rotatable bonds is 4. The molecule has 0 saturated heterocycles. The van der Waals surface area contributed by atoms with E-state index >= 15 is 0 Å². The van der Waals surface area contributed by atoms with E-state index in [2.05, 4.69) is 26.0 Å². The molecule has 1 N–H and O–H groups in total. The fourth-order valence-corrected chi connectivity index (χ4v) is 2.21. The molecule has 0 amide bonds. The fraction of sp³-hybridized carbons (Fsp3) is 0.133. The van der Waals surface area contributed by atoms with Crippen LogP contribution in [0.5, 0.6) is 0 Å². The number of hydrogen-bond acceptors (Lipinski definition) is 3. The molecule has 0 aliphatic rings. The maximum atomic E-state index is 13.9. The first-order chi connectivity index (χ1) is 10.0. The van der Waals surface area contributed by atoms with Crippen LogP contribution >= 0.6 is 15.9 Å². The van der Waals surface area contributed by atoms with E-state index in [-0.39, 0.29) is 5.69 Å². The average molecular weight is 356 g/mol. The van der Waals surface area contributed by atoms with Crippen LogP contribution in [0.15, 0.2) is 40.9 Å². The fourth-order valence-electron chi connectivity index (χ4n) is 1.79. The molecule has 0 saturated carbocycles. The third-order valence-corrected chi connectivity index (χ3v) is 3.69. The summed E-state index contributed by atoms with van der Waals surface area (Å²) in [6, 6.07) is 9.91. The van der Waals surface area contributed by atoms with Gasteiger partial charge in [-0.1, -0.05) is 34.1 Å². The number of carbonyl (C=O) groups excluding carboxylic acids is 1. The van der Waals surface area contributed by atoms with Crippen LogP contribution in [-0.4, -0.2) is 13.1 Å². The molecule has 0 spiro atoms. The van der Waals surface area contributed by atoms with E-state index in [0.717, 1.165) is 17.1 Å². The first kappa shape index (κ1) is 15.4. The lowest BCUT2D eigenvalue weighted by molar-refractivity contribution is 0.0594. The highest BCUT2D eigenvalue weighted by molar-refractivity contribution is 9.10. The van der Waals surface area contributed by atoms with Crippen LogP contribution < -0.4 is 5.32 Å². The SMILES string of the molecule is COC(=O)c1ccc(NCc2ccccc2Br)c(F)c1F. The zero-order valence-electron chi connectivity index (χ0n) is 11.1. The van der Waals surface area contributed by atoms with E-state index in [4.69, 9.17) is 0 Å². The summed E-state index contributed by atoms with van der Waals surface area (Å²) >= 11 is 3.37. The number of anilines is 1. The molecule has 21 heavy (non-hydrogen) atoms. The Kier molecular flexibility index (Phi) is 4.90. The first-order valence-corrected chi connectivity index (χ1v) is 6.87. The number of nitrogens with one attached hydrogen (secondary N) is 1. The number of benzene rings is 2. The van der Waals surface area contributed by atoms with Crippen LogP contribution in [0.2, 0.25) is 0 Å². The van der Waals surface area contributed by atoms with Gasteiger partial charge in [0, 0.05) is 11.0 Å². The monoisotopic (exact) mass is 355 g/mol. The normalized spacial score (nSPS) is 10.3. The Morgan fingerprint density at radius 2 is 1.90 bits per heavy atom. The van der Waals surface area contributed by atoms with Gasteiger partial charge in [0.05, 0.1) is 18.4 Å². The van der Waals surface area contributed by atoms with Gasteiger partial charge in [-0.25, -0.2) is 13.6 Å². The molecule has 6 heteroatoms. The van der Waals surface area contributed by atoms with Gasteiger partial charge in [-0.2, -0.15) is 0 Å². The lowest BCUT2D eigenvalue weighted by atomic mass is 10.1. The summed E-state index contributed by atoms with van der Waals surface area (Å²) in [4.78, 5) is 11.3. The molecule has 0 atom stereocenters. The molecule has 2 aromatic carbocycles. The minimum absolute atomic E-state index is 0.0177. The Bertz CT molecular complexity index is 677. The van der Waals surface area contributed by atoms with Crippen molar-refractivity contribution in [2.75, 3.05) is 12.4 Å². The van der Waals surface area contributed by atoms with Gasteiger partial charge in [0.1, 0.15) is 0 Å². The van der Waals surface area contributed by atoms with E-state index in [0.29, 0.717) is 6.54 Å². The summed E-state index contributed by atoms with van der Waals surface area (Å²) in [5.74, 6) is -3.24. The summed E-state index contributed by atoms with van der Waals surface area (Å²) in [6.45, 7) is 0.315. The molecule has 110 valence electrons. The standard InChI is InChI=1S/C15H12BrF2NO2/c1-21-15(20)10-6-7-12(14(18)13(10)17)19-8-9-4-2-3-5-11(9)16/h2-7,19H,8H2,1H3. The summed E-state index contributed by atoms with van der Waals surface area (Å²) < 4.78 is 32.9. The molecule has 0 radical (unpaired) electrons. The summed E-state index contributed by atoms with van der Waals surface area (Å²) in [7, 11) is 1.11. The van der Waals surface area contributed by atoms with Crippen molar-refractivity contribution in [3.05, 3.63) is 63.6 Å². The molecule has 3 nitrogen and oxygen atoms in total. The van der Waals surface area contributed by atoms with Crippen LogP contribution in [0.1, 0.15) is 15.9 Å². The maximum Gasteiger partial charge on any atom is 0.340 e. The molecule has 0 heterocycles. The minimum atomic E-state index is -1.22. The number of esters is 1. The van der Waals surface area contributed by atoms with Crippen molar-refractivity contribution in [1.82, 2.24) is 0 Å². The Labute approximate surface area is 129 Å². The predicted octanol–water partition coefficient (Wildman–Crippen LogP) is 4.13. The lowest BCUT2D eigenvalue weighted by Gasteiger charge is -2.11. The first-order valence-electron chi connectivity index (χ1n) is 6.08. The largest absolute Gasteiger partial charge is 0.465 e. The second kappa shape index (κ2) is 6.67. The highest BCUT2D eigenvalue weighted by atomic mass is 79.9. The van der Waals surface area contributed by atoms with Crippen molar-refractivity contribution >= 4 is 27.6 Å². The zero-order valence-corrected chi connectivity index (χ0v) is 12.7. The Morgan fingerprint density at radius 3 is 2.57 bits per heavy atom. The molecule has 0 fully saturated rings. The Balaban J connectivity index is 2.20. The maximum absolute atomic E-state index is 13.9. The van der Waals surface area contributed by atoms with Crippen molar-refractivity contribution in [2.45, 2.75) is 6.54 Å². The van der Waals surface area contributed by atoms with E-state index in [1.165, 1.54) is 12.1 Å². The molecular formula is C15H12BrF2NO2. The molecule has 0 aromatic heterocycles. The summed E-state index contributed by atoms with van der Waals surface area (Å²) in [5.41, 5.74) is 0.451. The van der Waals surface area contributed by atoms with Crippen molar-refractivity contribution in [2.24, 2.45) is 0 Å². The predicted molar refractivity (Wildman–Crippen MR) is 79.2 cm³/mol. The molecule has 2 aromatic rings. The topological polar surface area (TPSA) is 38.3 Å². The van der Waals surface area contributed by atoms with Gasteiger partial charge in [0.25, 0.3) is 0 Å². The molecule has 0 aliphatic heterocycles. The van der Waals surface area contributed by atoms with Crippen LogP contribution in [0, 0.1) is 11.6 Å². The third kappa shape index (κ3) is 3.39. The average Bonchev–Trinajstić information content (AvgIpc) is 2.49. The van der Waals surface area contributed by atoms with Crippen molar-refractivity contribution in [3.8, 4) is 0 Å². The lowest BCUT2D eigenvalue weighted by Crippen LogP contribution is -2.09. The highest BCUT2D eigenvalue weighted by Gasteiger charge is 2.19. The molecular weight excluding hydrogens is 344 g/mol. The summed E-state index contributed by atoms with van der Waals surface area (Å²) in [5, 5.41) is 2.80. The van der Waals surface area contributed by atoms with Gasteiger partial charge in [0.2, 0.25) is 0 Å². The molecule has 0 unspecified atom stereocenters. The van der Waals surface area contributed by atoms with E-state index in [1.54, 1.807) is 0 Å². The highest BCUT2D eigenvalue weighted by Crippen LogP contribution is 2.23. The Hall–Kier alpha value is -1.95. The zero-order chi connectivity index (χ0) is 15.4. The second-order valence-corrected chi connectivity index (χ2v) is 5.08. The number of ether oxygens (including phenoxy) is 1. The molecule has 0 bridgehead atoms. The van der Waals surface area contributed by atoms with E-state index < -0.39 is 23.2 Å². The number of methoxy groups -OCH3 is 1. The van der Waals surface area contributed by atoms with Crippen LogP contribution in [-0.2, 0) is 11.3 Å². The Morgan fingerprint density at radius 1 is 1.19 bits per heavy atom. The minimum Gasteiger partial charge on any atom is -0.465 e. The smallest absolute Gasteiger partial charge is 0.340 e. The van der Waals surface area contributed by atoms with Crippen LogP contribution in [0.25, 0.3) is 0 Å². The van der Waals surface area contributed by atoms with Crippen molar-refractivity contribution in [1.29, 1.82) is 0 Å². The van der Waals surface area contributed by atoms with E-state index in [9.17, 15) is 13.6 Å². The third-order valence-electron chi connectivity index (χ3n) is 2.91. The number of carbonyl (C=O) groups is 1. The number of halogens is 3. The van der Waals surface area contributed by atoms with Gasteiger partial charge in [-0.05, 0) is 23.8 Å². The van der Waals surface area contributed by atoms with Crippen molar-refractivity contribution < 1.29 is 18.3 Å². The van der Waals surface area contributed by atoms with Gasteiger partial charge in [-0.15, -0.1) is 0 Å². The number of hydrogen-bond donors (Lipinski definition) is 1. The van der Waals surface area contributed by atoms with Gasteiger partial charge >= 0.3 is 5.97 Å². The van der Waals surface area contributed by atoms with E-state index in [1.807, 2.05) is 24.3 Å². The van der Waals surface area contributed by atoms with Gasteiger partial charge in [0.15, 0.2) is 11.6 Å². The quantitative estimate of drug-likeness (QED) is 0.838. The second-order valence-electron chi connectivity index (χ2n) is 4.23. The van der Waals surface area contributed by atoms with Crippen molar-refractivity contribution in [3.63, 3.8) is 0 Å². The molecule has 0 aliphatic carbocycles. The van der Waals surface area contributed by atoms with Crippen LogP contribution in [0.3, 0.4) is 0 Å².